The molecule has 10 heteroatoms. The van der Waals surface area contributed by atoms with Gasteiger partial charge in [0, 0.05) is 32.0 Å². The minimum atomic E-state index is -3.80. The summed E-state index contributed by atoms with van der Waals surface area (Å²) in [6.07, 6.45) is 2.76. The molecule has 0 aliphatic carbocycles. The molecule has 0 amide bonds. The number of carbonyl (C=O) groups is 1. The Bertz CT molecular complexity index is 1220. The van der Waals surface area contributed by atoms with Crippen molar-refractivity contribution in [2.45, 2.75) is 17.9 Å². The van der Waals surface area contributed by atoms with Gasteiger partial charge in [-0.25, -0.2) is 23.2 Å². The molecule has 1 saturated heterocycles. The number of anilines is 1. The van der Waals surface area contributed by atoms with E-state index in [1.807, 2.05) is 24.3 Å². The van der Waals surface area contributed by atoms with Crippen molar-refractivity contribution in [2.75, 3.05) is 37.7 Å². The van der Waals surface area contributed by atoms with Crippen molar-refractivity contribution in [2.24, 2.45) is 0 Å². The van der Waals surface area contributed by atoms with Gasteiger partial charge in [-0.2, -0.15) is 4.31 Å². The first kappa shape index (κ1) is 22.1. The molecule has 1 aliphatic rings. The minimum absolute atomic E-state index is 0.170. The van der Waals surface area contributed by atoms with Crippen LogP contribution in [0.4, 0.5) is 5.95 Å². The van der Waals surface area contributed by atoms with Crippen molar-refractivity contribution in [1.82, 2.24) is 14.3 Å². The number of hydrogen-bond donors (Lipinski definition) is 1. The van der Waals surface area contributed by atoms with Crippen LogP contribution in [0.2, 0.25) is 0 Å². The number of sulfonamides is 1. The molecular formula is C22H24N4O5S. The first-order chi connectivity index (χ1) is 15.4. The number of aromatic nitrogens is 2. The van der Waals surface area contributed by atoms with Crippen molar-refractivity contribution in [3.8, 4) is 0 Å². The lowest BCUT2D eigenvalue weighted by Gasteiger charge is -2.39. The molecule has 2 aromatic carbocycles. The van der Waals surface area contributed by atoms with Gasteiger partial charge in [-0.05, 0) is 29.8 Å². The Morgan fingerprint density at radius 2 is 1.84 bits per heavy atom. The van der Waals surface area contributed by atoms with Gasteiger partial charge in [0.15, 0.2) is 0 Å². The lowest BCUT2D eigenvalue weighted by atomic mass is 10.1. The number of aliphatic hydroxyl groups is 1. The number of aliphatic hydroxyl groups excluding tert-OH is 1. The number of nitrogens with zero attached hydrogens (tertiary/aromatic N) is 4. The van der Waals surface area contributed by atoms with E-state index in [-0.39, 0.29) is 36.8 Å². The molecular weight excluding hydrogens is 432 g/mol. The molecule has 0 spiro atoms. The lowest BCUT2D eigenvalue weighted by molar-refractivity contribution is 0.0525. The molecule has 1 unspecified atom stereocenters. The summed E-state index contributed by atoms with van der Waals surface area (Å²) in [5.74, 6) is -0.141. The number of carbonyl (C=O) groups excluding carboxylic acids is 1. The van der Waals surface area contributed by atoms with Gasteiger partial charge in [0.1, 0.15) is 0 Å². The normalized spacial score (nSPS) is 17.4. The molecule has 1 fully saturated rings. The monoisotopic (exact) mass is 456 g/mol. The SMILES string of the molecule is CCOC(=O)c1cnc(N2CCN(S(=O)(=O)c3ccc4ccccc4c3)C(CO)C2)nc1. The Labute approximate surface area is 186 Å². The molecule has 1 N–H and O–H groups in total. The van der Waals surface area contributed by atoms with Gasteiger partial charge in [0.25, 0.3) is 0 Å². The van der Waals surface area contributed by atoms with Crippen LogP contribution in [0.1, 0.15) is 17.3 Å². The average molecular weight is 457 g/mol. The van der Waals surface area contributed by atoms with Crippen LogP contribution in [-0.2, 0) is 14.8 Å². The molecule has 0 saturated carbocycles. The number of fused-ring (bicyclic) bond motifs is 1. The van der Waals surface area contributed by atoms with Crippen LogP contribution in [0.3, 0.4) is 0 Å². The van der Waals surface area contributed by atoms with Crippen LogP contribution in [0.15, 0.2) is 59.8 Å². The molecule has 3 aromatic rings. The zero-order valence-corrected chi connectivity index (χ0v) is 18.4. The Morgan fingerprint density at radius 3 is 2.53 bits per heavy atom. The van der Waals surface area contributed by atoms with Crippen LogP contribution in [-0.4, -0.2) is 72.7 Å². The summed E-state index contributed by atoms with van der Waals surface area (Å²) in [6.45, 7) is 2.37. The highest BCUT2D eigenvalue weighted by molar-refractivity contribution is 7.89. The van der Waals surface area contributed by atoms with Crippen molar-refractivity contribution in [3.63, 3.8) is 0 Å². The van der Waals surface area contributed by atoms with E-state index in [0.717, 1.165) is 10.8 Å². The van der Waals surface area contributed by atoms with Gasteiger partial charge in [-0.1, -0.05) is 30.3 Å². The molecule has 0 bridgehead atoms. The van der Waals surface area contributed by atoms with Gasteiger partial charge >= 0.3 is 5.97 Å². The summed E-state index contributed by atoms with van der Waals surface area (Å²) in [4.78, 5) is 22.2. The van der Waals surface area contributed by atoms with Crippen LogP contribution in [0, 0.1) is 0 Å². The van der Waals surface area contributed by atoms with Crippen molar-refractivity contribution >= 4 is 32.7 Å². The maximum absolute atomic E-state index is 13.3. The topological polar surface area (TPSA) is 113 Å². The van der Waals surface area contributed by atoms with E-state index in [0.29, 0.717) is 12.5 Å². The third-order valence-corrected chi connectivity index (χ3v) is 7.35. The lowest BCUT2D eigenvalue weighted by Crippen LogP contribution is -2.57. The summed E-state index contributed by atoms with van der Waals surface area (Å²) < 4.78 is 32.9. The Hall–Kier alpha value is -3.08. The van der Waals surface area contributed by atoms with E-state index >= 15 is 0 Å². The predicted molar refractivity (Wildman–Crippen MR) is 119 cm³/mol. The zero-order valence-electron chi connectivity index (χ0n) is 17.6. The number of esters is 1. The molecule has 1 aromatic heterocycles. The fourth-order valence-corrected chi connectivity index (χ4v) is 5.39. The van der Waals surface area contributed by atoms with Gasteiger partial charge in [-0.15, -0.1) is 0 Å². The summed E-state index contributed by atoms with van der Waals surface area (Å²) in [5, 5.41) is 11.7. The van der Waals surface area contributed by atoms with Gasteiger partial charge in [-0.3, -0.25) is 0 Å². The molecule has 1 aliphatic heterocycles. The van der Waals surface area contributed by atoms with E-state index in [2.05, 4.69) is 9.97 Å². The van der Waals surface area contributed by atoms with Gasteiger partial charge in [0.05, 0.1) is 29.7 Å². The fraction of sp³-hybridized carbons (Fsp3) is 0.318. The standard InChI is InChI=1S/C22H24N4O5S/c1-2-31-21(28)18-12-23-22(24-13-18)25-9-10-26(19(14-25)15-27)32(29,30)20-8-7-16-5-3-4-6-17(16)11-20/h3-8,11-13,19,27H,2,9-10,14-15H2,1H3. The first-order valence-electron chi connectivity index (χ1n) is 10.3. The maximum atomic E-state index is 13.3. The third kappa shape index (κ3) is 4.29. The molecule has 32 heavy (non-hydrogen) atoms. The van der Waals surface area contributed by atoms with E-state index in [9.17, 15) is 18.3 Å². The van der Waals surface area contributed by atoms with Crippen molar-refractivity contribution in [3.05, 3.63) is 60.4 Å². The van der Waals surface area contributed by atoms with Crippen molar-refractivity contribution < 1.29 is 23.1 Å². The quantitative estimate of drug-likeness (QED) is 0.558. The molecule has 0 radical (unpaired) electrons. The second-order valence-electron chi connectivity index (χ2n) is 7.40. The number of hydrogen-bond acceptors (Lipinski definition) is 8. The second-order valence-corrected chi connectivity index (χ2v) is 9.29. The first-order valence-corrected chi connectivity index (χ1v) is 11.7. The van der Waals surface area contributed by atoms with Crippen molar-refractivity contribution in [1.29, 1.82) is 0 Å². The highest BCUT2D eigenvalue weighted by Crippen LogP contribution is 2.26. The van der Waals surface area contributed by atoms with Crippen LogP contribution in [0.25, 0.3) is 10.8 Å². The predicted octanol–water partition coefficient (Wildman–Crippen LogP) is 1.68. The smallest absolute Gasteiger partial charge is 0.341 e. The van der Waals surface area contributed by atoms with E-state index < -0.39 is 22.0 Å². The highest BCUT2D eigenvalue weighted by Gasteiger charge is 2.36. The maximum Gasteiger partial charge on any atom is 0.341 e. The third-order valence-electron chi connectivity index (χ3n) is 5.40. The van der Waals surface area contributed by atoms with E-state index in [4.69, 9.17) is 4.74 Å². The summed E-state index contributed by atoms with van der Waals surface area (Å²) in [6, 6.07) is 11.9. The highest BCUT2D eigenvalue weighted by atomic mass is 32.2. The van der Waals surface area contributed by atoms with Crippen LogP contribution >= 0.6 is 0 Å². The molecule has 2 heterocycles. The Balaban J connectivity index is 1.53. The van der Waals surface area contributed by atoms with Gasteiger partial charge in [0.2, 0.25) is 16.0 Å². The van der Waals surface area contributed by atoms with Gasteiger partial charge < -0.3 is 14.7 Å². The van der Waals surface area contributed by atoms with E-state index in [1.165, 1.54) is 16.7 Å². The number of piperazine rings is 1. The summed E-state index contributed by atoms with van der Waals surface area (Å²) in [5.41, 5.74) is 0.242. The average Bonchev–Trinajstić information content (AvgIpc) is 2.83. The fourth-order valence-electron chi connectivity index (χ4n) is 3.75. The number of ether oxygens (including phenoxy) is 1. The molecule has 9 nitrogen and oxygen atoms in total. The largest absolute Gasteiger partial charge is 0.462 e. The molecule has 168 valence electrons. The summed E-state index contributed by atoms with van der Waals surface area (Å²) in [7, 11) is -3.80. The van der Waals surface area contributed by atoms with Crippen LogP contribution < -0.4 is 4.90 Å². The molecule has 1 atom stereocenters. The summed E-state index contributed by atoms with van der Waals surface area (Å²) >= 11 is 0. The second kappa shape index (κ2) is 9.19. The van der Waals surface area contributed by atoms with E-state index in [1.54, 1.807) is 30.0 Å². The Kier molecular flexibility index (Phi) is 6.35. The molecule has 4 rings (SSSR count). The number of rotatable bonds is 6. The zero-order chi connectivity index (χ0) is 22.7. The van der Waals surface area contributed by atoms with Crippen LogP contribution in [0.5, 0.6) is 0 Å². The minimum Gasteiger partial charge on any atom is -0.462 e. The Morgan fingerprint density at radius 1 is 1.12 bits per heavy atom. The number of benzene rings is 2.